The highest BCUT2D eigenvalue weighted by Gasteiger charge is 2.28. The van der Waals surface area contributed by atoms with Gasteiger partial charge < -0.3 is 9.47 Å². The van der Waals surface area contributed by atoms with Crippen LogP contribution >= 0.6 is 0 Å². The summed E-state index contributed by atoms with van der Waals surface area (Å²) in [4.78, 5) is 0. The zero-order valence-corrected chi connectivity index (χ0v) is 19.8. The van der Waals surface area contributed by atoms with Crippen molar-refractivity contribution in [2.24, 2.45) is 5.92 Å². The van der Waals surface area contributed by atoms with Crippen LogP contribution in [-0.4, -0.2) is 13.2 Å². The van der Waals surface area contributed by atoms with Gasteiger partial charge in [-0.3, -0.25) is 0 Å². The molecule has 0 aromatic heterocycles. The number of nitriles is 1. The number of nitrogens with zero attached hydrogens (tertiary/aromatic N) is 1. The molecule has 0 saturated carbocycles. The van der Waals surface area contributed by atoms with Gasteiger partial charge in [-0.15, -0.1) is 0 Å². The number of ether oxygens (including phenoxy) is 2. The molecule has 6 heteroatoms. The molecule has 2 aromatic carbocycles. The summed E-state index contributed by atoms with van der Waals surface area (Å²) in [5.74, 6) is 0.302. The van der Waals surface area contributed by atoms with Crippen molar-refractivity contribution < 1.29 is 22.6 Å². The summed E-state index contributed by atoms with van der Waals surface area (Å²) in [6, 6.07) is 7.92. The summed E-state index contributed by atoms with van der Waals surface area (Å²) in [6.45, 7) is 11.3. The van der Waals surface area contributed by atoms with Crippen LogP contribution in [0.15, 0.2) is 36.7 Å². The van der Waals surface area contributed by atoms with Crippen LogP contribution in [-0.2, 0) is 12.8 Å². The predicted molar refractivity (Wildman–Crippen MR) is 124 cm³/mol. The molecule has 2 aliphatic rings. The van der Waals surface area contributed by atoms with Gasteiger partial charge in [-0.1, -0.05) is 33.8 Å². The second-order valence-corrected chi connectivity index (χ2v) is 8.09. The van der Waals surface area contributed by atoms with Gasteiger partial charge in [-0.25, -0.2) is 13.2 Å². The van der Waals surface area contributed by atoms with Crippen molar-refractivity contribution in [3.05, 3.63) is 70.6 Å². The topological polar surface area (TPSA) is 42.2 Å². The Balaban J connectivity index is 0.000000582. The van der Waals surface area contributed by atoms with E-state index in [-0.39, 0.29) is 29.7 Å². The summed E-state index contributed by atoms with van der Waals surface area (Å²) >= 11 is 0. The molecule has 2 atom stereocenters. The van der Waals surface area contributed by atoms with Gasteiger partial charge in [0.25, 0.3) is 0 Å². The Kier molecular flexibility index (Phi) is 9.84. The molecule has 0 amide bonds. The Hall–Kier alpha value is -2.94. The van der Waals surface area contributed by atoms with E-state index in [4.69, 9.17) is 14.7 Å². The van der Waals surface area contributed by atoms with Gasteiger partial charge in [0.1, 0.15) is 29.2 Å². The Morgan fingerprint density at radius 2 is 1.61 bits per heavy atom. The summed E-state index contributed by atoms with van der Waals surface area (Å²) in [7, 11) is 0. The highest BCUT2D eigenvalue weighted by molar-refractivity contribution is 5.47. The van der Waals surface area contributed by atoms with Crippen molar-refractivity contribution >= 4 is 0 Å². The monoisotopic (exact) mass is 459 g/mol. The predicted octanol–water partition coefficient (Wildman–Crippen LogP) is 7.42. The first kappa shape index (κ1) is 26.3. The number of fused-ring (bicyclic) bond motifs is 2. The largest absolute Gasteiger partial charge is 0.493 e. The highest BCUT2D eigenvalue weighted by atomic mass is 19.1. The molecule has 2 unspecified atom stereocenters. The minimum Gasteiger partial charge on any atom is -0.493 e. The van der Waals surface area contributed by atoms with Crippen LogP contribution in [0.3, 0.4) is 0 Å². The highest BCUT2D eigenvalue weighted by Crippen LogP contribution is 2.38. The molecule has 0 bridgehead atoms. The fraction of sp³-hybridized carbons (Fsp3) is 0.444. The summed E-state index contributed by atoms with van der Waals surface area (Å²) in [5.41, 5.74) is 2.08. The van der Waals surface area contributed by atoms with Crippen LogP contribution in [0.1, 0.15) is 68.7 Å². The Morgan fingerprint density at radius 3 is 2.24 bits per heavy atom. The minimum atomic E-state index is -0.572. The molecular weight excluding hydrogens is 427 g/mol. The van der Waals surface area contributed by atoms with Crippen molar-refractivity contribution in [2.45, 2.75) is 59.3 Å². The van der Waals surface area contributed by atoms with E-state index in [9.17, 15) is 13.2 Å². The molecule has 0 spiro atoms. The fourth-order valence-electron chi connectivity index (χ4n) is 4.08. The van der Waals surface area contributed by atoms with E-state index in [0.717, 1.165) is 30.6 Å². The summed E-state index contributed by atoms with van der Waals surface area (Å²) in [5, 5.41) is 8.94. The first-order valence-corrected chi connectivity index (χ1v) is 11.4. The average Bonchev–Trinajstić information content (AvgIpc) is 2.79. The number of halogens is 3. The maximum Gasteiger partial charge on any atom is 0.141 e. The lowest BCUT2D eigenvalue weighted by Crippen LogP contribution is -2.23. The molecule has 2 heterocycles. The van der Waals surface area contributed by atoms with Gasteiger partial charge in [0.05, 0.1) is 24.6 Å². The third-order valence-corrected chi connectivity index (χ3v) is 5.48. The molecule has 0 saturated heterocycles. The smallest absolute Gasteiger partial charge is 0.141 e. The molecular formula is C27H32F3NO2. The quantitative estimate of drug-likeness (QED) is 0.479. The summed E-state index contributed by atoms with van der Waals surface area (Å²) < 4.78 is 51.2. The van der Waals surface area contributed by atoms with Crippen molar-refractivity contribution in [3.8, 4) is 17.6 Å². The van der Waals surface area contributed by atoms with Crippen molar-refractivity contribution in [3.63, 3.8) is 0 Å². The molecule has 178 valence electrons. The number of hydrogen-bond acceptors (Lipinski definition) is 3. The molecule has 4 rings (SSSR count). The van der Waals surface area contributed by atoms with E-state index >= 15 is 0 Å². The molecule has 0 fully saturated rings. The zero-order valence-electron chi connectivity index (χ0n) is 19.8. The number of rotatable bonds is 3. The Morgan fingerprint density at radius 1 is 1.03 bits per heavy atom. The van der Waals surface area contributed by atoms with Crippen LogP contribution < -0.4 is 9.47 Å². The van der Waals surface area contributed by atoms with Crippen molar-refractivity contribution in [1.29, 1.82) is 5.26 Å². The molecule has 3 nitrogen and oxygen atoms in total. The lowest BCUT2D eigenvalue weighted by Gasteiger charge is -2.29. The summed E-state index contributed by atoms with van der Waals surface area (Å²) in [6.07, 6.45) is 3.47. The average molecular weight is 460 g/mol. The Labute approximate surface area is 194 Å². The maximum atomic E-state index is 14.8. The Bertz CT molecular complexity index is 1010. The minimum absolute atomic E-state index is 0.0396. The van der Waals surface area contributed by atoms with Crippen LogP contribution in [0.5, 0.6) is 11.5 Å². The van der Waals surface area contributed by atoms with Gasteiger partial charge >= 0.3 is 0 Å². The number of allylic oxidation sites excluding steroid dienone is 1. The number of hydrogen-bond donors (Lipinski definition) is 0. The molecule has 0 radical (unpaired) electrons. The van der Waals surface area contributed by atoms with E-state index in [1.807, 2.05) is 19.9 Å². The van der Waals surface area contributed by atoms with Gasteiger partial charge in [-0.05, 0) is 67.0 Å². The van der Waals surface area contributed by atoms with Crippen molar-refractivity contribution in [2.75, 3.05) is 13.2 Å². The lowest BCUT2D eigenvalue weighted by atomic mass is 9.86. The standard InChI is InChI=1S/C22H21F2NO2.C3H5F.C2H6/c1-2-3-13-4-14-7-20(24)18(9-22(14)26-11-13)17-5-15-6-19(23)16(10-25)8-21(15)27-12-17;1-3(2)4;1-2/h6-9,13,17H,2-5,11-12H2,1H3;1H2,2H3;1-2H3. The van der Waals surface area contributed by atoms with E-state index in [2.05, 4.69) is 13.5 Å². The van der Waals surface area contributed by atoms with Gasteiger partial charge in [-0.2, -0.15) is 5.26 Å². The second-order valence-electron chi connectivity index (χ2n) is 8.09. The van der Waals surface area contributed by atoms with E-state index in [1.165, 1.54) is 19.1 Å². The first-order chi connectivity index (χ1) is 15.8. The first-order valence-electron chi connectivity index (χ1n) is 11.4. The second kappa shape index (κ2) is 12.3. The molecule has 0 N–H and O–H groups in total. The van der Waals surface area contributed by atoms with Gasteiger partial charge in [0.15, 0.2) is 0 Å². The third kappa shape index (κ3) is 6.77. The fourth-order valence-corrected chi connectivity index (χ4v) is 4.08. The van der Waals surface area contributed by atoms with Gasteiger partial charge in [0, 0.05) is 12.0 Å². The van der Waals surface area contributed by atoms with Gasteiger partial charge in [0.2, 0.25) is 0 Å². The SMILES string of the molecule is C=C(C)F.CC.CCCC1COc2cc(C3COc4cc(C#N)c(F)cc4C3)c(F)cc2C1. The van der Waals surface area contributed by atoms with Crippen LogP contribution in [0, 0.1) is 28.9 Å². The molecule has 2 aromatic rings. The number of benzene rings is 2. The van der Waals surface area contributed by atoms with Crippen molar-refractivity contribution in [1.82, 2.24) is 0 Å². The van der Waals surface area contributed by atoms with Crippen LogP contribution in [0.25, 0.3) is 0 Å². The maximum absolute atomic E-state index is 14.8. The lowest BCUT2D eigenvalue weighted by molar-refractivity contribution is 0.211. The third-order valence-electron chi connectivity index (χ3n) is 5.48. The van der Waals surface area contributed by atoms with Crippen LogP contribution in [0.4, 0.5) is 13.2 Å². The zero-order chi connectivity index (χ0) is 24.5. The van der Waals surface area contributed by atoms with E-state index < -0.39 is 5.82 Å². The van der Waals surface area contributed by atoms with Crippen LogP contribution in [0.2, 0.25) is 0 Å². The van der Waals surface area contributed by atoms with E-state index in [1.54, 1.807) is 12.1 Å². The molecule has 0 aliphatic carbocycles. The molecule has 33 heavy (non-hydrogen) atoms. The normalized spacial score (nSPS) is 17.9. The van der Waals surface area contributed by atoms with E-state index in [0.29, 0.717) is 35.8 Å². The molecule has 2 aliphatic heterocycles.